The fourth-order valence-corrected chi connectivity index (χ4v) is 2.58. The van der Waals surface area contributed by atoms with Crippen LogP contribution < -0.4 is 9.47 Å². The standard InChI is InChI=1S/C15H20N2O3S2/c1-3-8-18-12-4-6-13(7-5-12)19-9-10-22-15-17-16-14(20-15)11-21-2/h4-7H,3,8-11H2,1-2H3. The fourth-order valence-electron chi connectivity index (χ4n) is 1.62. The van der Waals surface area contributed by atoms with Gasteiger partial charge < -0.3 is 13.9 Å². The summed E-state index contributed by atoms with van der Waals surface area (Å²) < 4.78 is 16.7. The molecule has 5 nitrogen and oxygen atoms in total. The molecule has 0 radical (unpaired) electrons. The minimum atomic E-state index is 0.583. The molecule has 0 aliphatic heterocycles. The minimum Gasteiger partial charge on any atom is -0.494 e. The normalized spacial score (nSPS) is 10.6. The molecular weight excluding hydrogens is 320 g/mol. The molecule has 0 saturated carbocycles. The Morgan fingerprint density at radius 2 is 1.73 bits per heavy atom. The number of thioether (sulfide) groups is 2. The molecule has 0 atom stereocenters. The van der Waals surface area contributed by atoms with Crippen LogP contribution in [0.1, 0.15) is 19.2 Å². The lowest BCUT2D eigenvalue weighted by Crippen LogP contribution is -2.00. The quantitative estimate of drug-likeness (QED) is 0.480. The Morgan fingerprint density at radius 3 is 2.36 bits per heavy atom. The first-order valence-corrected chi connectivity index (χ1v) is 9.49. The van der Waals surface area contributed by atoms with E-state index in [1.807, 2.05) is 30.5 Å². The molecule has 0 bridgehead atoms. The van der Waals surface area contributed by atoms with Gasteiger partial charge in [-0.3, -0.25) is 0 Å². The lowest BCUT2D eigenvalue weighted by molar-refractivity contribution is 0.314. The highest BCUT2D eigenvalue weighted by Crippen LogP contribution is 2.20. The molecule has 0 saturated heterocycles. The molecule has 1 aromatic heterocycles. The van der Waals surface area contributed by atoms with Crippen molar-refractivity contribution < 1.29 is 13.9 Å². The zero-order valence-electron chi connectivity index (χ0n) is 12.8. The third-order valence-corrected chi connectivity index (χ3v) is 3.91. The molecule has 0 amide bonds. The zero-order valence-corrected chi connectivity index (χ0v) is 14.4. The number of aromatic nitrogens is 2. The van der Waals surface area contributed by atoms with Gasteiger partial charge in [-0.25, -0.2) is 0 Å². The van der Waals surface area contributed by atoms with Gasteiger partial charge in [-0.05, 0) is 36.9 Å². The maximum Gasteiger partial charge on any atom is 0.276 e. The first-order chi connectivity index (χ1) is 10.8. The van der Waals surface area contributed by atoms with Gasteiger partial charge in [-0.15, -0.1) is 10.2 Å². The van der Waals surface area contributed by atoms with E-state index in [1.54, 1.807) is 11.8 Å². The topological polar surface area (TPSA) is 57.4 Å². The summed E-state index contributed by atoms with van der Waals surface area (Å²) in [7, 11) is 0. The predicted octanol–water partition coefficient (Wildman–Crippen LogP) is 3.89. The smallest absolute Gasteiger partial charge is 0.276 e. The Labute approximate surface area is 139 Å². The van der Waals surface area contributed by atoms with Gasteiger partial charge in [0.15, 0.2) is 0 Å². The van der Waals surface area contributed by atoms with Crippen molar-refractivity contribution in [2.24, 2.45) is 0 Å². The summed E-state index contributed by atoms with van der Waals surface area (Å²) in [5.74, 6) is 3.87. The van der Waals surface area contributed by atoms with Gasteiger partial charge in [0.2, 0.25) is 5.89 Å². The first-order valence-electron chi connectivity index (χ1n) is 7.11. The summed E-state index contributed by atoms with van der Waals surface area (Å²) in [6.07, 6.45) is 3.01. The zero-order chi connectivity index (χ0) is 15.6. The molecular formula is C15H20N2O3S2. The van der Waals surface area contributed by atoms with Crippen molar-refractivity contribution in [2.45, 2.75) is 24.3 Å². The van der Waals surface area contributed by atoms with E-state index in [9.17, 15) is 0 Å². The van der Waals surface area contributed by atoms with Crippen LogP contribution in [0, 0.1) is 0 Å². The van der Waals surface area contributed by atoms with Gasteiger partial charge in [0.1, 0.15) is 11.5 Å². The Hall–Kier alpha value is -1.34. The lowest BCUT2D eigenvalue weighted by Gasteiger charge is -2.07. The molecule has 0 aliphatic rings. The summed E-state index contributed by atoms with van der Waals surface area (Å²) >= 11 is 3.16. The van der Waals surface area contributed by atoms with E-state index in [-0.39, 0.29) is 0 Å². The number of benzene rings is 1. The molecule has 0 unspecified atom stereocenters. The summed E-state index contributed by atoms with van der Waals surface area (Å²) in [5.41, 5.74) is 0. The second-order valence-electron chi connectivity index (χ2n) is 4.41. The molecule has 0 N–H and O–H groups in total. The molecule has 0 fully saturated rings. The van der Waals surface area contributed by atoms with Crippen molar-refractivity contribution >= 4 is 23.5 Å². The van der Waals surface area contributed by atoms with E-state index < -0.39 is 0 Å². The van der Waals surface area contributed by atoms with Crippen molar-refractivity contribution in [3.63, 3.8) is 0 Å². The SMILES string of the molecule is CCCOc1ccc(OCCSc2nnc(CSC)o2)cc1. The van der Waals surface area contributed by atoms with Crippen LogP contribution in [0.5, 0.6) is 11.5 Å². The number of hydrogen-bond donors (Lipinski definition) is 0. The van der Waals surface area contributed by atoms with Crippen molar-refractivity contribution in [1.82, 2.24) is 10.2 Å². The Morgan fingerprint density at radius 1 is 1.05 bits per heavy atom. The molecule has 1 heterocycles. The minimum absolute atomic E-state index is 0.583. The average Bonchev–Trinajstić information content (AvgIpc) is 2.99. The molecule has 7 heteroatoms. The monoisotopic (exact) mass is 340 g/mol. The van der Waals surface area contributed by atoms with E-state index >= 15 is 0 Å². The molecule has 2 rings (SSSR count). The molecule has 2 aromatic rings. The van der Waals surface area contributed by atoms with Crippen molar-refractivity contribution in [1.29, 1.82) is 0 Å². The van der Waals surface area contributed by atoms with Gasteiger partial charge in [0.25, 0.3) is 5.22 Å². The van der Waals surface area contributed by atoms with E-state index in [2.05, 4.69) is 17.1 Å². The Bertz CT molecular complexity index is 546. The summed E-state index contributed by atoms with van der Waals surface area (Å²) in [4.78, 5) is 0. The Balaban J connectivity index is 1.67. The highest BCUT2D eigenvalue weighted by atomic mass is 32.2. The van der Waals surface area contributed by atoms with Crippen molar-refractivity contribution in [3.05, 3.63) is 30.2 Å². The Kier molecular flexibility index (Phi) is 7.45. The maximum atomic E-state index is 5.67. The maximum absolute atomic E-state index is 5.67. The van der Waals surface area contributed by atoms with E-state index in [0.717, 1.165) is 36.0 Å². The summed E-state index contributed by atoms with van der Waals surface area (Å²) in [6, 6.07) is 7.67. The van der Waals surface area contributed by atoms with E-state index in [0.29, 0.717) is 17.7 Å². The predicted molar refractivity (Wildman–Crippen MR) is 90.0 cm³/mol. The van der Waals surface area contributed by atoms with Crippen molar-refractivity contribution in [2.75, 3.05) is 25.2 Å². The molecule has 1 aromatic carbocycles. The number of nitrogens with zero attached hydrogens (tertiary/aromatic N) is 2. The lowest BCUT2D eigenvalue weighted by atomic mass is 10.3. The van der Waals surface area contributed by atoms with Crippen LogP contribution in [-0.4, -0.2) is 35.4 Å². The third-order valence-electron chi connectivity index (χ3n) is 2.59. The van der Waals surface area contributed by atoms with E-state index in [4.69, 9.17) is 13.9 Å². The van der Waals surface area contributed by atoms with Crippen LogP contribution in [0.3, 0.4) is 0 Å². The van der Waals surface area contributed by atoms with Crippen LogP contribution in [0.4, 0.5) is 0 Å². The largest absolute Gasteiger partial charge is 0.494 e. The van der Waals surface area contributed by atoms with Crippen molar-refractivity contribution in [3.8, 4) is 11.5 Å². The molecule has 120 valence electrons. The number of hydrogen-bond acceptors (Lipinski definition) is 7. The van der Waals surface area contributed by atoms with Crippen LogP contribution in [-0.2, 0) is 5.75 Å². The molecule has 0 aliphatic carbocycles. The van der Waals surface area contributed by atoms with Gasteiger partial charge >= 0.3 is 0 Å². The molecule has 22 heavy (non-hydrogen) atoms. The second kappa shape index (κ2) is 9.63. The second-order valence-corrected chi connectivity index (χ2v) is 6.32. The van der Waals surface area contributed by atoms with Gasteiger partial charge in [-0.2, -0.15) is 11.8 Å². The van der Waals surface area contributed by atoms with Crippen LogP contribution in [0.2, 0.25) is 0 Å². The highest BCUT2D eigenvalue weighted by Gasteiger charge is 2.05. The van der Waals surface area contributed by atoms with E-state index in [1.165, 1.54) is 11.8 Å². The summed E-state index contributed by atoms with van der Waals surface area (Å²) in [5, 5.41) is 8.54. The van der Waals surface area contributed by atoms with Gasteiger partial charge in [0.05, 0.1) is 19.0 Å². The summed E-state index contributed by atoms with van der Waals surface area (Å²) in [6.45, 7) is 3.40. The highest BCUT2D eigenvalue weighted by molar-refractivity contribution is 7.99. The number of ether oxygens (including phenoxy) is 2. The van der Waals surface area contributed by atoms with Crippen LogP contribution in [0.25, 0.3) is 0 Å². The molecule has 0 spiro atoms. The fraction of sp³-hybridized carbons (Fsp3) is 0.467. The van der Waals surface area contributed by atoms with Crippen LogP contribution >= 0.6 is 23.5 Å². The number of rotatable bonds is 10. The van der Waals surface area contributed by atoms with Gasteiger partial charge in [-0.1, -0.05) is 18.7 Å². The first kappa shape index (κ1) is 17.0. The average molecular weight is 340 g/mol. The van der Waals surface area contributed by atoms with Gasteiger partial charge in [0, 0.05) is 5.75 Å². The van der Waals surface area contributed by atoms with Crippen LogP contribution in [0.15, 0.2) is 33.9 Å². The third kappa shape index (κ3) is 5.81.